The number of carbonyl (C=O) groups excluding carboxylic acids is 1. The molecule has 2 aromatic heterocycles. The Hall–Kier alpha value is -3.49. The minimum Gasteiger partial charge on any atom is -0.450 e. The highest BCUT2D eigenvalue weighted by atomic mass is 35.5. The molecule has 9 heteroatoms. The average molecular weight is 548 g/mol. The zero-order valence-corrected chi connectivity index (χ0v) is 23.0. The number of benzene rings is 2. The van der Waals surface area contributed by atoms with Gasteiger partial charge in [-0.15, -0.1) is 11.3 Å². The molecule has 1 atom stereocenters. The lowest BCUT2D eigenvalue weighted by molar-refractivity contribution is 0.0970. The quantitative estimate of drug-likeness (QED) is 0.259. The Balaban J connectivity index is 1.44. The number of likely N-dealkylation sites (tertiary alicyclic amines) is 1. The fourth-order valence-corrected chi connectivity index (χ4v) is 6.03. The van der Waals surface area contributed by atoms with Crippen LogP contribution in [0.4, 0.5) is 10.7 Å². The van der Waals surface area contributed by atoms with E-state index in [4.69, 9.17) is 26.3 Å². The number of aromatic nitrogens is 3. The second-order valence-electron chi connectivity index (χ2n) is 9.24. The van der Waals surface area contributed by atoms with Gasteiger partial charge in [0.25, 0.3) is 0 Å². The lowest BCUT2D eigenvalue weighted by Crippen LogP contribution is -2.38. The lowest BCUT2D eigenvalue weighted by Gasteiger charge is -2.30. The highest BCUT2D eigenvalue weighted by Gasteiger charge is 2.28. The van der Waals surface area contributed by atoms with Crippen molar-refractivity contribution in [2.75, 3.05) is 25.0 Å². The van der Waals surface area contributed by atoms with Gasteiger partial charge in [0.2, 0.25) is 5.95 Å². The van der Waals surface area contributed by atoms with E-state index in [0.29, 0.717) is 30.7 Å². The molecule has 0 spiro atoms. The normalized spacial score (nSPS) is 14.8. The second kappa shape index (κ2) is 11.9. The van der Waals surface area contributed by atoms with Crippen LogP contribution in [0.2, 0.25) is 5.02 Å². The van der Waals surface area contributed by atoms with Crippen molar-refractivity contribution in [1.82, 2.24) is 19.9 Å². The second-order valence-corrected chi connectivity index (χ2v) is 10.7. The molecule has 196 valence electrons. The fourth-order valence-electron chi connectivity index (χ4n) is 4.61. The van der Waals surface area contributed by atoms with E-state index in [2.05, 4.69) is 29.4 Å². The molecule has 38 heavy (non-hydrogen) atoms. The van der Waals surface area contributed by atoms with Crippen molar-refractivity contribution in [2.45, 2.75) is 38.6 Å². The summed E-state index contributed by atoms with van der Waals surface area (Å²) in [5.74, 6) is 0.823. The van der Waals surface area contributed by atoms with E-state index in [1.165, 1.54) is 0 Å². The molecule has 1 amide bonds. The molecule has 1 unspecified atom stereocenters. The predicted molar refractivity (Wildman–Crippen MR) is 153 cm³/mol. The molecule has 1 aliphatic heterocycles. The molecule has 0 aliphatic carbocycles. The number of nitrogens with zero attached hydrogens (tertiary/aromatic N) is 4. The van der Waals surface area contributed by atoms with Crippen LogP contribution in [0.1, 0.15) is 49.2 Å². The minimum atomic E-state index is -0.240. The summed E-state index contributed by atoms with van der Waals surface area (Å²) in [6.07, 6.45) is 3.22. The van der Waals surface area contributed by atoms with Crippen molar-refractivity contribution >= 4 is 35.0 Å². The van der Waals surface area contributed by atoms with E-state index in [9.17, 15) is 4.79 Å². The Morgan fingerprint density at radius 3 is 2.66 bits per heavy atom. The zero-order valence-electron chi connectivity index (χ0n) is 21.4. The number of piperidine rings is 1. The molecule has 1 N–H and O–H groups in total. The van der Waals surface area contributed by atoms with Crippen LogP contribution in [-0.2, 0) is 4.74 Å². The minimum absolute atomic E-state index is 0.0560. The first-order chi connectivity index (χ1) is 18.5. The summed E-state index contributed by atoms with van der Waals surface area (Å²) in [5.41, 5.74) is 3.78. The molecule has 1 aliphatic rings. The van der Waals surface area contributed by atoms with E-state index < -0.39 is 0 Å². The summed E-state index contributed by atoms with van der Waals surface area (Å²) in [6.45, 7) is 5.62. The number of thiazole rings is 1. The Morgan fingerprint density at radius 1 is 1.13 bits per heavy atom. The summed E-state index contributed by atoms with van der Waals surface area (Å²) in [4.78, 5) is 29.4. The summed E-state index contributed by atoms with van der Waals surface area (Å²) < 4.78 is 5.18. The number of nitrogens with one attached hydrogen (secondary N) is 1. The molecule has 7 nitrogen and oxygen atoms in total. The van der Waals surface area contributed by atoms with Crippen LogP contribution in [0.15, 0.2) is 66.9 Å². The number of amides is 1. The summed E-state index contributed by atoms with van der Waals surface area (Å²) in [5, 5.41) is 5.13. The third kappa shape index (κ3) is 5.97. The molecule has 0 saturated carbocycles. The molecule has 1 saturated heterocycles. The van der Waals surface area contributed by atoms with Gasteiger partial charge in [-0.05, 0) is 50.5 Å². The predicted octanol–water partition coefficient (Wildman–Crippen LogP) is 7.43. The maximum atomic E-state index is 12.2. The Labute approximate surface area is 231 Å². The highest BCUT2D eigenvalue weighted by molar-refractivity contribution is 7.15. The third-order valence-corrected chi connectivity index (χ3v) is 8.12. The molecule has 4 aromatic rings. The van der Waals surface area contributed by atoms with Gasteiger partial charge in [0.05, 0.1) is 33.9 Å². The van der Waals surface area contributed by atoms with Gasteiger partial charge < -0.3 is 15.0 Å². The van der Waals surface area contributed by atoms with Crippen LogP contribution in [-0.4, -0.2) is 45.6 Å². The number of hydrogen-bond donors (Lipinski definition) is 1. The monoisotopic (exact) mass is 547 g/mol. The smallest absolute Gasteiger partial charge is 0.409 e. The molecule has 3 heterocycles. The van der Waals surface area contributed by atoms with Crippen molar-refractivity contribution < 1.29 is 9.53 Å². The topological polar surface area (TPSA) is 80.2 Å². The largest absolute Gasteiger partial charge is 0.450 e. The molecular weight excluding hydrogens is 518 g/mol. The standard InChI is InChI=1S/C29H30ClN5O2S/c1-3-37-29(36)35-16-13-21(14-17-35)27-34-25(22-10-7-11-23(30)18-22)26(38-27)24-12-15-31-28(33-24)32-19(2)20-8-5-4-6-9-20/h4-12,15,18-19,21H,3,13-14,16-17H2,1-2H3,(H,31,32,33). The van der Waals surface area contributed by atoms with E-state index >= 15 is 0 Å². The van der Waals surface area contributed by atoms with Crippen molar-refractivity contribution in [1.29, 1.82) is 0 Å². The van der Waals surface area contributed by atoms with Crippen molar-refractivity contribution in [2.24, 2.45) is 0 Å². The van der Waals surface area contributed by atoms with Gasteiger partial charge in [0.15, 0.2) is 0 Å². The van der Waals surface area contributed by atoms with Crippen molar-refractivity contribution in [3.05, 3.63) is 82.5 Å². The van der Waals surface area contributed by atoms with Crippen molar-refractivity contribution in [3.8, 4) is 21.8 Å². The van der Waals surface area contributed by atoms with Crippen LogP contribution in [0.3, 0.4) is 0 Å². The maximum Gasteiger partial charge on any atom is 0.409 e. The van der Waals surface area contributed by atoms with Gasteiger partial charge in [-0.2, -0.15) is 0 Å². The van der Waals surface area contributed by atoms with Crippen LogP contribution in [0, 0.1) is 0 Å². The summed E-state index contributed by atoms with van der Waals surface area (Å²) in [7, 11) is 0. The maximum absolute atomic E-state index is 12.2. The number of carbonyl (C=O) groups is 1. The third-order valence-electron chi connectivity index (χ3n) is 6.65. The molecular formula is C29H30ClN5O2S. The van der Waals surface area contributed by atoms with Gasteiger partial charge in [-0.25, -0.2) is 19.7 Å². The Morgan fingerprint density at radius 2 is 1.92 bits per heavy atom. The molecule has 2 aromatic carbocycles. The number of anilines is 1. The highest BCUT2D eigenvalue weighted by Crippen LogP contribution is 2.41. The first-order valence-corrected chi connectivity index (χ1v) is 14.0. The first kappa shape index (κ1) is 26.1. The van der Waals surface area contributed by atoms with Gasteiger partial charge in [-0.3, -0.25) is 0 Å². The Kier molecular flexibility index (Phi) is 8.20. The number of ether oxygens (including phenoxy) is 1. The van der Waals surface area contributed by atoms with Crippen LogP contribution in [0.5, 0.6) is 0 Å². The Bertz CT molecular complexity index is 1390. The average Bonchev–Trinajstić information content (AvgIpc) is 3.40. The number of halogens is 1. The van der Waals surface area contributed by atoms with E-state index in [0.717, 1.165) is 45.2 Å². The van der Waals surface area contributed by atoms with Crippen molar-refractivity contribution in [3.63, 3.8) is 0 Å². The molecule has 0 bridgehead atoms. The molecule has 1 fully saturated rings. The zero-order chi connectivity index (χ0) is 26.5. The van der Waals surface area contributed by atoms with Gasteiger partial charge in [0.1, 0.15) is 0 Å². The van der Waals surface area contributed by atoms with Crippen LogP contribution >= 0.6 is 22.9 Å². The van der Waals surface area contributed by atoms with E-state index in [-0.39, 0.29) is 18.1 Å². The molecule has 0 radical (unpaired) electrons. The van der Waals surface area contributed by atoms with E-state index in [1.807, 2.05) is 55.5 Å². The van der Waals surface area contributed by atoms with Gasteiger partial charge in [-0.1, -0.05) is 54.1 Å². The lowest BCUT2D eigenvalue weighted by atomic mass is 9.98. The van der Waals surface area contributed by atoms with Gasteiger partial charge >= 0.3 is 6.09 Å². The molecule has 5 rings (SSSR count). The number of rotatable bonds is 7. The SMILES string of the molecule is CCOC(=O)N1CCC(c2nc(-c3cccc(Cl)c3)c(-c3ccnc(NC(C)c4ccccc4)n3)s2)CC1. The van der Waals surface area contributed by atoms with Gasteiger partial charge in [0, 0.05) is 35.8 Å². The summed E-state index contributed by atoms with van der Waals surface area (Å²) >= 11 is 8.01. The summed E-state index contributed by atoms with van der Waals surface area (Å²) in [6, 6.07) is 20.0. The fraction of sp³-hybridized carbons (Fsp3) is 0.310. The van der Waals surface area contributed by atoms with Crippen LogP contribution in [0.25, 0.3) is 21.8 Å². The number of hydrogen-bond acceptors (Lipinski definition) is 7. The first-order valence-electron chi connectivity index (χ1n) is 12.8. The van der Waals surface area contributed by atoms with Crippen LogP contribution < -0.4 is 5.32 Å². The van der Waals surface area contributed by atoms with E-state index in [1.54, 1.807) is 22.4 Å².